The van der Waals surface area contributed by atoms with Gasteiger partial charge in [0.15, 0.2) is 0 Å². The molecule has 1 aliphatic rings. The van der Waals surface area contributed by atoms with Gasteiger partial charge in [0.25, 0.3) is 0 Å². The second-order valence-corrected chi connectivity index (χ2v) is 6.38. The number of amides is 2. The zero-order valence-corrected chi connectivity index (χ0v) is 15.0. The van der Waals surface area contributed by atoms with Gasteiger partial charge in [-0.3, -0.25) is 4.90 Å². The summed E-state index contributed by atoms with van der Waals surface area (Å²) >= 11 is 0. The van der Waals surface area contributed by atoms with Crippen molar-refractivity contribution >= 4 is 17.4 Å². The van der Waals surface area contributed by atoms with Crippen molar-refractivity contribution in [2.24, 2.45) is 5.92 Å². The Hall–Kier alpha value is -1.79. The summed E-state index contributed by atoms with van der Waals surface area (Å²) in [6.45, 7) is 10.4. The van der Waals surface area contributed by atoms with Crippen molar-refractivity contribution in [1.29, 1.82) is 0 Å². The minimum Gasteiger partial charge on any atom is -0.379 e. The SMILES string of the molecule is CCN(C)c1ccccc1NC(=O)NCC(C)CN1CCOCC1. The quantitative estimate of drug-likeness (QED) is 0.803. The van der Waals surface area contributed by atoms with Gasteiger partial charge in [-0.2, -0.15) is 0 Å². The highest BCUT2D eigenvalue weighted by molar-refractivity contribution is 5.93. The van der Waals surface area contributed by atoms with Gasteiger partial charge in [0.2, 0.25) is 0 Å². The lowest BCUT2D eigenvalue weighted by atomic mass is 10.1. The molecule has 134 valence electrons. The molecule has 1 atom stereocenters. The third-order valence-corrected chi connectivity index (χ3v) is 4.32. The van der Waals surface area contributed by atoms with Gasteiger partial charge in [-0.25, -0.2) is 4.79 Å². The van der Waals surface area contributed by atoms with E-state index in [0.717, 1.165) is 50.8 Å². The van der Waals surface area contributed by atoms with Crippen LogP contribution < -0.4 is 15.5 Å². The number of carbonyl (C=O) groups is 1. The van der Waals surface area contributed by atoms with Crippen LogP contribution in [0.2, 0.25) is 0 Å². The first-order chi connectivity index (χ1) is 11.6. The van der Waals surface area contributed by atoms with Gasteiger partial charge in [0, 0.05) is 39.8 Å². The van der Waals surface area contributed by atoms with Crippen LogP contribution in [0.4, 0.5) is 16.2 Å². The van der Waals surface area contributed by atoms with E-state index in [1.807, 2.05) is 31.3 Å². The molecule has 1 aliphatic heterocycles. The van der Waals surface area contributed by atoms with Gasteiger partial charge in [-0.15, -0.1) is 0 Å². The number of nitrogens with one attached hydrogen (secondary N) is 2. The Labute approximate surface area is 145 Å². The maximum atomic E-state index is 12.2. The van der Waals surface area contributed by atoms with Crippen LogP contribution in [0.3, 0.4) is 0 Å². The van der Waals surface area contributed by atoms with E-state index < -0.39 is 0 Å². The fourth-order valence-corrected chi connectivity index (χ4v) is 2.81. The smallest absolute Gasteiger partial charge is 0.319 e. The number of hydrogen-bond donors (Lipinski definition) is 2. The minimum absolute atomic E-state index is 0.152. The van der Waals surface area contributed by atoms with Crippen LogP contribution in [-0.4, -0.2) is 63.9 Å². The number of benzene rings is 1. The van der Waals surface area contributed by atoms with Crippen LogP contribution in [0, 0.1) is 5.92 Å². The van der Waals surface area contributed by atoms with Crippen molar-refractivity contribution in [2.45, 2.75) is 13.8 Å². The zero-order chi connectivity index (χ0) is 17.4. The summed E-state index contributed by atoms with van der Waals surface area (Å²) in [4.78, 5) is 16.7. The van der Waals surface area contributed by atoms with E-state index in [1.165, 1.54) is 0 Å². The first-order valence-electron chi connectivity index (χ1n) is 8.75. The maximum Gasteiger partial charge on any atom is 0.319 e. The number of anilines is 2. The second kappa shape index (κ2) is 9.49. The molecule has 6 heteroatoms. The Morgan fingerprint density at radius 3 is 2.75 bits per heavy atom. The van der Waals surface area contributed by atoms with Crippen molar-refractivity contribution in [3.05, 3.63) is 24.3 Å². The molecule has 0 spiro atoms. The van der Waals surface area contributed by atoms with E-state index in [4.69, 9.17) is 4.74 Å². The van der Waals surface area contributed by atoms with E-state index in [0.29, 0.717) is 12.5 Å². The Morgan fingerprint density at radius 2 is 2.04 bits per heavy atom. The van der Waals surface area contributed by atoms with Crippen LogP contribution >= 0.6 is 0 Å². The van der Waals surface area contributed by atoms with Crippen LogP contribution in [0.15, 0.2) is 24.3 Å². The standard InChI is InChI=1S/C18H30N4O2/c1-4-21(3)17-8-6-5-7-16(17)20-18(23)19-13-15(2)14-22-9-11-24-12-10-22/h5-8,15H,4,9-14H2,1-3H3,(H2,19,20,23). The largest absolute Gasteiger partial charge is 0.379 e. The molecule has 0 bridgehead atoms. The molecule has 1 heterocycles. The summed E-state index contributed by atoms with van der Waals surface area (Å²) in [5.74, 6) is 0.405. The summed E-state index contributed by atoms with van der Waals surface area (Å²) in [6, 6.07) is 7.71. The molecule has 0 aliphatic carbocycles. The Bertz CT molecular complexity index is 517. The average Bonchev–Trinajstić information content (AvgIpc) is 2.60. The van der Waals surface area contributed by atoms with Crippen molar-refractivity contribution in [1.82, 2.24) is 10.2 Å². The maximum absolute atomic E-state index is 12.2. The predicted octanol–water partition coefficient (Wildman–Crippen LogP) is 2.23. The lowest BCUT2D eigenvalue weighted by Gasteiger charge is -2.29. The molecule has 2 amide bonds. The number of morpholine rings is 1. The van der Waals surface area contributed by atoms with Crippen molar-refractivity contribution < 1.29 is 9.53 Å². The van der Waals surface area contributed by atoms with Gasteiger partial charge in [0.1, 0.15) is 0 Å². The van der Waals surface area contributed by atoms with E-state index in [1.54, 1.807) is 0 Å². The fourth-order valence-electron chi connectivity index (χ4n) is 2.81. The molecule has 1 aromatic carbocycles. The summed E-state index contributed by atoms with van der Waals surface area (Å²) in [5.41, 5.74) is 1.86. The van der Waals surface area contributed by atoms with Crippen molar-refractivity contribution in [2.75, 3.05) is 63.2 Å². The number of urea groups is 1. The van der Waals surface area contributed by atoms with Crippen LogP contribution in [0.25, 0.3) is 0 Å². The van der Waals surface area contributed by atoms with Gasteiger partial charge >= 0.3 is 6.03 Å². The first-order valence-corrected chi connectivity index (χ1v) is 8.75. The highest BCUT2D eigenvalue weighted by Crippen LogP contribution is 2.24. The van der Waals surface area contributed by atoms with E-state index in [2.05, 4.69) is 34.3 Å². The van der Waals surface area contributed by atoms with Crippen LogP contribution in [0.5, 0.6) is 0 Å². The number of rotatable bonds is 7. The third kappa shape index (κ3) is 5.69. The molecule has 1 aromatic rings. The monoisotopic (exact) mass is 334 g/mol. The second-order valence-electron chi connectivity index (χ2n) is 6.38. The molecule has 0 saturated carbocycles. The summed E-state index contributed by atoms with van der Waals surface area (Å²) < 4.78 is 5.36. The number of para-hydroxylation sites is 2. The van der Waals surface area contributed by atoms with Crippen LogP contribution in [0.1, 0.15) is 13.8 Å². The summed E-state index contributed by atoms with van der Waals surface area (Å²) in [5, 5.41) is 5.94. The molecule has 0 aromatic heterocycles. The Balaban J connectivity index is 1.78. The molecule has 6 nitrogen and oxygen atoms in total. The number of nitrogens with zero attached hydrogens (tertiary/aromatic N) is 2. The number of hydrogen-bond acceptors (Lipinski definition) is 4. The third-order valence-electron chi connectivity index (χ3n) is 4.32. The summed E-state index contributed by atoms with van der Waals surface area (Å²) in [6.07, 6.45) is 0. The fraction of sp³-hybridized carbons (Fsp3) is 0.611. The van der Waals surface area contributed by atoms with E-state index in [-0.39, 0.29) is 6.03 Å². The van der Waals surface area contributed by atoms with Gasteiger partial charge < -0.3 is 20.3 Å². The Kier molecular flexibility index (Phi) is 7.34. The molecular weight excluding hydrogens is 304 g/mol. The van der Waals surface area contributed by atoms with Crippen molar-refractivity contribution in [3.8, 4) is 0 Å². The average molecular weight is 334 g/mol. The van der Waals surface area contributed by atoms with E-state index in [9.17, 15) is 4.79 Å². The molecule has 24 heavy (non-hydrogen) atoms. The molecule has 2 rings (SSSR count). The molecular formula is C18H30N4O2. The normalized spacial score (nSPS) is 16.5. The Morgan fingerprint density at radius 1 is 1.33 bits per heavy atom. The zero-order valence-electron chi connectivity index (χ0n) is 15.0. The predicted molar refractivity (Wildman–Crippen MR) is 98.8 cm³/mol. The topological polar surface area (TPSA) is 56.8 Å². The summed E-state index contributed by atoms with van der Waals surface area (Å²) in [7, 11) is 2.02. The number of ether oxygens (including phenoxy) is 1. The molecule has 2 N–H and O–H groups in total. The molecule has 1 unspecified atom stereocenters. The lowest BCUT2D eigenvalue weighted by Crippen LogP contribution is -2.42. The van der Waals surface area contributed by atoms with Crippen LogP contribution in [-0.2, 0) is 4.74 Å². The molecule has 1 saturated heterocycles. The highest BCUT2D eigenvalue weighted by Gasteiger charge is 2.15. The molecule has 0 radical (unpaired) electrons. The van der Waals surface area contributed by atoms with Gasteiger partial charge in [-0.05, 0) is 25.0 Å². The highest BCUT2D eigenvalue weighted by atomic mass is 16.5. The lowest BCUT2D eigenvalue weighted by molar-refractivity contribution is 0.0320. The van der Waals surface area contributed by atoms with Gasteiger partial charge in [-0.1, -0.05) is 19.1 Å². The van der Waals surface area contributed by atoms with Crippen molar-refractivity contribution in [3.63, 3.8) is 0 Å². The minimum atomic E-state index is -0.152. The molecule has 1 fully saturated rings. The number of carbonyl (C=O) groups excluding carboxylic acids is 1. The van der Waals surface area contributed by atoms with Gasteiger partial charge in [0.05, 0.1) is 24.6 Å². The van der Waals surface area contributed by atoms with E-state index >= 15 is 0 Å². The first kappa shape index (κ1) is 18.5.